The summed E-state index contributed by atoms with van der Waals surface area (Å²) in [6.45, 7) is 2.56. The molecule has 0 unspecified atom stereocenters. The van der Waals surface area contributed by atoms with Gasteiger partial charge < -0.3 is 9.80 Å². The number of carbonyl (C=O) groups is 2. The molecule has 1 aliphatic heterocycles. The van der Waals surface area contributed by atoms with Crippen molar-refractivity contribution >= 4 is 17.4 Å². The van der Waals surface area contributed by atoms with Crippen LogP contribution < -0.4 is 0 Å². The first kappa shape index (κ1) is 21.3. The van der Waals surface area contributed by atoms with Gasteiger partial charge in [-0.3, -0.25) is 19.7 Å². The van der Waals surface area contributed by atoms with Gasteiger partial charge in [0.1, 0.15) is 5.69 Å². The molecular weight excluding hydrogens is 410 g/mol. The highest BCUT2D eigenvalue weighted by molar-refractivity contribution is 6.14. The van der Waals surface area contributed by atoms with Gasteiger partial charge in [0.25, 0.3) is 11.6 Å². The maximum Gasteiger partial charge on any atom is 0.269 e. The number of nitrogens with zero attached hydrogens (tertiary/aromatic N) is 5. The van der Waals surface area contributed by atoms with Gasteiger partial charge in [-0.05, 0) is 19.2 Å². The third-order valence-electron chi connectivity index (χ3n) is 5.40. The summed E-state index contributed by atoms with van der Waals surface area (Å²) in [5.41, 5.74) is 0.904. The second-order valence-electron chi connectivity index (χ2n) is 7.55. The second-order valence-corrected chi connectivity index (χ2v) is 7.55. The van der Waals surface area contributed by atoms with Crippen molar-refractivity contribution in [1.29, 1.82) is 0 Å². The van der Waals surface area contributed by atoms with Crippen molar-refractivity contribution in [1.82, 2.24) is 19.8 Å². The fraction of sp³-hybridized carbons (Fsp3) is 0.217. The predicted octanol–water partition coefficient (Wildman–Crippen LogP) is 2.67. The molecule has 1 aromatic heterocycles. The lowest BCUT2D eigenvalue weighted by Crippen LogP contribution is -2.47. The Kier molecular flexibility index (Phi) is 6.00. The number of carbonyl (C=O) groups excluding carboxylic acids is 2. The van der Waals surface area contributed by atoms with Gasteiger partial charge in [0.2, 0.25) is 5.78 Å². The number of ketones is 1. The maximum atomic E-state index is 13.3. The van der Waals surface area contributed by atoms with Crippen molar-refractivity contribution in [3.63, 3.8) is 0 Å². The van der Waals surface area contributed by atoms with Crippen molar-refractivity contribution in [2.75, 3.05) is 33.2 Å². The van der Waals surface area contributed by atoms with Gasteiger partial charge in [-0.2, -0.15) is 0 Å². The van der Waals surface area contributed by atoms with Crippen LogP contribution in [0.3, 0.4) is 0 Å². The summed E-state index contributed by atoms with van der Waals surface area (Å²) < 4.78 is 0. The van der Waals surface area contributed by atoms with Crippen LogP contribution in [-0.2, 0) is 0 Å². The van der Waals surface area contributed by atoms with Crippen LogP contribution in [0.25, 0.3) is 11.4 Å². The largest absolute Gasteiger partial charge is 0.336 e. The van der Waals surface area contributed by atoms with E-state index >= 15 is 0 Å². The fourth-order valence-electron chi connectivity index (χ4n) is 3.49. The number of nitro groups is 1. The van der Waals surface area contributed by atoms with Gasteiger partial charge in [0.15, 0.2) is 5.82 Å². The summed E-state index contributed by atoms with van der Waals surface area (Å²) in [6, 6.07) is 14.4. The lowest BCUT2D eigenvalue weighted by Gasteiger charge is -2.32. The minimum Gasteiger partial charge on any atom is -0.336 e. The van der Waals surface area contributed by atoms with E-state index in [1.165, 1.54) is 30.5 Å². The van der Waals surface area contributed by atoms with E-state index in [1.807, 2.05) is 37.4 Å². The van der Waals surface area contributed by atoms with Crippen molar-refractivity contribution in [2.24, 2.45) is 0 Å². The van der Waals surface area contributed by atoms with Crippen molar-refractivity contribution in [3.05, 3.63) is 87.7 Å². The molecule has 9 nitrogen and oxygen atoms in total. The van der Waals surface area contributed by atoms with Gasteiger partial charge in [-0.15, -0.1) is 0 Å². The fourth-order valence-corrected chi connectivity index (χ4v) is 3.49. The Balaban J connectivity index is 1.75. The summed E-state index contributed by atoms with van der Waals surface area (Å²) in [7, 11) is 1.99. The topological polar surface area (TPSA) is 110 Å². The summed E-state index contributed by atoms with van der Waals surface area (Å²) in [4.78, 5) is 49.6. The highest BCUT2D eigenvalue weighted by Gasteiger charge is 2.27. The number of benzene rings is 2. The molecule has 0 radical (unpaired) electrons. The maximum absolute atomic E-state index is 13.3. The van der Waals surface area contributed by atoms with Crippen LogP contribution in [0.15, 0.2) is 60.8 Å². The molecule has 1 aliphatic rings. The Morgan fingerprint density at radius 3 is 2.25 bits per heavy atom. The molecule has 4 rings (SSSR count). The molecule has 32 heavy (non-hydrogen) atoms. The Labute approximate surface area is 184 Å². The monoisotopic (exact) mass is 431 g/mol. The first-order valence-electron chi connectivity index (χ1n) is 10.1. The van der Waals surface area contributed by atoms with Crippen LogP contribution in [0.4, 0.5) is 5.69 Å². The molecule has 0 bridgehead atoms. The van der Waals surface area contributed by atoms with Crippen molar-refractivity contribution < 1.29 is 14.5 Å². The SMILES string of the molecule is CN1CCN(C(=O)c2cnc(-c3ccccc3)nc2C(=O)c2ccc([N+](=O)[O-])cc2)CC1. The smallest absolute Gasteiger partial charge is 0.269 e. The number of hydrogen-bond donors (Lipinski definition) is 0. The minimum atomic E-state index is -0.533. The van der Waals surface area contributed by atoms with Crippen LogP contribution in [0, 0.1) is 10.1 Å². The van der Waals surface area contributed by atoms with Crippen LogP contribution in [0.1, 0.15) is 26.4 Å². The number of non-ortho nitro benzene ring substituents is 1. The minimum absolute atomic E-state index is 0.0170. The van der Waals surface area contributed by atoms with E-state index in [2.05, 4.69) is 14.9 Å². The average Bonchev–Trinajstić information content (AvgIpc) is 2.84. The molecule has 9 heteroatoms. The summed E-state index contributed by atoms with van der Waals surface area (Å²) in [5, 5.41) is 10.9. The highest BCUT2D eigenvalue weighted by Crippen LogP contribution is 2.21. The van der Waals surface area contributed by atoms with Crippen LogP contribution in [-0.4, -0.2) is 69.6 Å². The zero-order chi connectivity index (χ0) is 22.7. The first-order chi connectivity index (χ1) is 15.4. The molecule has 2 aromatic carbocycles. The Morgan fingerprint density at radius 1 is 0.969 bits per heavy atom. The van der Waals surface area contributed by atoms with E-state index in [1.54, 1.807) is 4.90 Å². The lowest BCUT2D eigenvalue weighted by molar-refractivity contribution is -0.384. The third-order valence-corrected chi connectivity index (χ3v) is 5.40. The van der Waals surface area contributed by atoms with Gasteiger partial charge in [-0.1, -0.05) is 30.3 Å². The molecule has 1 amide bonds. The Hall–Kier alpha value is -3.98. The van der Waals surface area contributed by atoms with Crippen LogP contribution in [0.2, 0.25) is 0 Å². The molecule has 0 aliphatic carbocycles. The number of rotatable bonds is 5. The van der Waals surface area contributed by atoms with E-state index in [0.29, 0.717) is 24.5 Å². The molecule has 0 atom stereocenters. The molecule has 1 fully saturated rings. The second kappa shape index (κ2) is 9.03. The van der Waals surface area contributed by atoms with Crippen molar-refractivity contribution in [3.8, 4) is 11.4 Å². The predicted molar refractivity (Wildman–Crippen MR) is 117 cm³/mol. The Bertz CT molecular complexity index is 1160. The van der Waals surface area contributed by atoms with E-state index in [-0.39, 0.29) is 28.4 Å². The molecule has 1 saturated heterocycles. The van der Waals surface area contributed by atoms with Gasteiger partial charge in [-0.25, -0.2) is 9.97 Å². The average molecular weight is 431 g/mol. The molecule has 0 spiro atoms. The molecule has 2 heterocycles. The zero-order valence-corrected chi connectivity index (χ0v) is 17.5. The number of aromatic nitrogens is 2. The van der Waals surface area contributed by atoms with E-state index in [9.17, 15) is 19.7 Å². The number of hydrogen-bond acceptors (Lipinski definition) is 7. The van der Waals surface area contributed by atoms with E-state index < -0.39 is 10.7 Å². The number of piperazine rings is 1. The molecule has 162 valence electrons. The van der Waals surface area contributed by atoms with Crippen molar-refractivity contribution in [2.45, 2.75) is 0 Å². The summed E-state index contributed by atoms with van der Waals surface area (Å²) in [6.07, 6.45) is 1.40. The van der Waals surface area contributed by atoms with Gasteiger partial charge in [0.05, 0.1) is 10.5 Å². The first-order valence-corrected chi connectivity index (χ1v) is 10.1. The molecule has 3 aromatic rings. The normalized spacial score (nSPS) is 14.2. The summed E-state index contributed by atoms with van der Waals surface area (Å²) in [5.74, 6) is -0.467. The van der Waals surface area contributed by atoms with Gasteiger partial charge in [0, 0.05) is 55.6 Å². The lowest BCUT2D eigenvalue weighted by atomic mass is 10.0. The number of nitro benzene ring substituents is 1. The molecule has 0 saturated carbocycles. The van der Waals surface area contributed by atoms with Crippen LogP contribution in [0.5, 0.6) is 0 Å². The molecule has 0 N–H and O–H groups in total. The quantitative estimate of drug-likeness (QED) is 0.347. The highest BCUT2D eigenvalue weighted by atomic mass is 16.6. The summed E-state index contributed by atoms with van der Waals surface area (Å²) >= 11 is 0. The van der Waals surface area contributed by atoms with Crippen LogP contribution >= 0.6 is 0 Å². The zero-order valence-electron chi connectivity index (χ0n) is 17.5. The standard InChI is InChI=1S/C23H21N5O4/c1-26-11-13-27(14-12-26)23(30)19-15-24-22(17-5-3-2-4-6-17)25-20(19)21(29)16-7-9-18(10-8-16)28(31)32/h2-10,15H,11-14H2,1H3. The molecular formula is C23H21N5O4. The Morgan fingerprint density at radius 2 is 1.62 bits per heavy atom. The number of amides is 1. The van der Waals surface area contributed by atoms with E-state index in [0.717, 1.165) is 13.1 Å². The number of likely N-dealkylation sites (N-methyl/N-ethyl adjacent to an activating group) is 1. The van der Waals surface area contributed by atoms with E-state index in [4.69, 9.17) is 0 Å². The van der Waals surface area contributed by atoms with Gasteiger partial charge >= 0.3 is 0 Å². The third kappa shape index (κ3) is 4.37.